The van der Waals surface area contributed by atoms with Crippen LogP contribution in [0, 0.1) is 29.6 Å². The minimum atomic E-state index is 0.410. The Bertz CT molecular complexity index is 3220. The number of benzene rings is 5. The standard InChI is InChI=1S/C46H30N4O2/c1-5-13-38-31(6-2)27(3)40(22-35-28(4)51-44-18-11-8-15-33(35)44)49(38)41-20-30(26-48)42(21-29(41)25-47)50-39-17-10-7-14-32(39)36-24-46-37(23-43(36)50)34-16-9-12-19-45(34)52-46/h5-24H,2,4H2,1,3H3/b13-5-,35-22+. The number of hydrogen-bond acceptors (Lipinski definition) is 4. The van der Waals surface area contributed by atoms with Gasteiger partial charge in [0, 0.05) is 37.7 Å². The monoisotopic (exact) mass is 670 g/mol. The normalized spacial score (nSPS) is 12.2. The summed E-state index contributed by atoms with van der Waals surface area (Å²) < 4.78 is 16.4. The minimum Gasteiger partial charge on any atom is -0.457 e. The average Bonchev–Trinajstić information content (AvgIpc) is 3.87. The van der Waals surface area contributed by atoms with Crippen LogP contribution < -0.4 is 10.6 Å². The molecule has 0 saturated carbocycles. The molecule has 0 amide bonds. The maximum Gasteiger partial charge on any atom is 0.136 e. The molecule has 246 valence electrons. The maximum absolute atomic E-state index is 10.9. The molecule has 0 saturated heterocycles. The van der Waals surface area contributed by atoms with Gasteiger partial charge in [0.15, 0.2) is 0 Å². The van der Waals surface area contributed by atoms with Crippen LogP contribution in [0.5, 0.6) is 0 Å². The molecule has 5 aromatic carbocycles. The van der Waals surface area contributed by atoms with E-state index in [9.17, 15) is 10.5 Å². The summed E-state index contributed by atoms with van der Waals surface area (Å²) in [5.41, 5.74) is 10.3. The van der Waals surface area contributed by atoms with E-state index in [-0.39, 0.29) is 0 Å². The molecule has 0 atom stereocenters. The number of nitrogens with zero attached hydrogens (tertiary/aromatic N) is 4. The third-order valence-electron chi connectivity index (χ3n) is 10.1. The lowest BCUT2D eigenvalue weighted by Crippen LogP contribution is -2.19. The molecule has 0 N–H and O–H groups in total. The highest BCUT2D eigenvalue weighted by atomic mass is 16.3. The van der Waals surface area contributed by atoms with Crippen molar-refractivity contribution in [1.29, 1.82) is 10.5 Å². The summed E-state index contributed by atoms with van der Waals surface area (Å²) in [5.74, 6) is 0. The molecule has 0 aliphatic carbocycles. The number of aromatic nitrogens is 2. The van der Waals surface area contributed by atoms with Crippen LogP contribution in [-0.4, -0.2) is 9.13 Å². The summed E-state index contributed by atoms with van der Waals surface area (Å²) in [6.45, 7) is 12.4. The zero-order valence-electron chi connectivity index (χ0n) is 28.6. The summed E-state index contributed by atoms with van der Waals surface area (Å²) in [6, 6.07) is 36.8. The van der Waals surface area contributed by atoms with E-state index in [1.165, 1.54) is 0 Å². The molecule has 4 heterocycles. The summed E-state index contributed by atoms with van der Waals surface area (Å²) in [4.78, 5) is 0. The highest BCUT2D eigenvalue weighted by Gasteiger charge is 2.24. The molecular formula is C46H30N4O2. The van der Waals surface area contributed by atoms with E-state index in [1.807, 2.05) is 109 Å². The number of hydrogen-bond donors (Lipinski definition) is 0. The van der Waals surface area contributed by atoms with Gasteiger partial charge in [0.05, 0.1) is 44.9 Å². The zero-order chi connectivity index (χ0) is 35.7. The van der Waals surface area contributed by atoms with Crippen LogP contribution >= 0.6 is 0 Å². The number of para-hydroxylation sites is 3. The first-order valence-electron chi connectivity index (χ1n) is 17.0. The fraction of sp³-hybridized carbons (Fsp3) is 0.0435. The Balaban J connectivity index is 1.37. The van der Waals surface area contributed by atoms with Crippen molar-refractivity contribution in [3.63, 3.8) is 0 Å². The molecule has 0 aliphatic rings. The first-order valence-corrected chi connectivity index (χ1v) is 17.0. The quantitative estimate of drug-likeness (QED) is 0.182. The van der Waals surface area contributed by atoms with Crippen molar-refractivity contribution in [2.45, 2.75) is 13.8 Å². The second kappa shape index (κ2) is 11.7. The highest BCUT2D eigenvalue weighted by molar-refractivity contribution is 6.17. The Kier molecular flexibility index (Phi) is 6.90. The lowest BCUT2D eigenvalue weighted by Gasteiger charge is -2.17. The van der Waals surface area contributed by atoms with E-state index in [4.69, 9.17) is 8.83 Å². The third-order valence-corrected chi connectivity index (χ3v) is 10.1. The van der Waals surface area contributed by atoms with Gasteiger partial charge >= 0.3 is 0 Å². The maximum atomic E-state index is 10.9. The first-order chi connectivity index (χ1) is 25.4. The van der Waals surface area contributed by atoms with E-state index in [2.05, 4.69) is 60.2 Å². The number of furan rings is 2. The highest BCUT2D eigenvalue weighted by Crippen LogP contribution is 2.40. The van der Waals surface area contributed by atoms with Gasteiger partial charge in [0.2, 0.25) is 0 Å². The van der Waals surface area contributed by atoms with Gasteiger partial charge < -0.3 is 18.0 Å². The van der Waals surface area contributed by atoms with Gasteiger partial charge in [0.1, 0.15) is 34.3 Å². The molecule has 9 rings (SSSR count). The van der Waals surface area contributed by atoms with Gasteiger partial charge in [-0.05, 0) is 74.0 Å². The average molecular weight is 671 g/mol. The summed E-state index contributed by atoms with van der Waals surface area (Å²) in [7, 11) is 0. The molecular weight excluding hydrogens is 641 g/mol. The fourth-order valence-electron chi connectivity index (χ4n) is 7.74. The van der Waals surface area contributed by atoms with Gasteiger partial charge in [-0.25, -0.2) is 0 Å². The Morgan fingerprint density at radius 3 is 1.98 bits per heavy atom. The van der Waals surface area contributed by atoms with Crippen molar-refractivity contribution in [3.8, 4) is 23.5 Å². The molecule has 0 spiro atoms. The van der Waals surface area contributed by atoms with Crippen LogP contribution in [0.4, 0.5) is 0 Å². The summed E-state index contributed by atoms with van der Waals surface area (Å²) in [5, 5.41) is 27.5. The molecule has 0 unspecified atom stereocenters. The molecule has 6 nitrogen and oxygen atoms in total. The predicted molar refractivity (Wildman–Crippen MR) is 211 cm³/mol. The predicted octanol–water partition coefficient (Wildman–Crippen LogP) is 10.2. The largest absolute Gasteiger partial charge is 0.457 e. The van der Waals surface area contributed by atoms with Crippen molar-refractivity contribution in [2.24, 2.45) is 0 Å². The Hall–Kier alpha value is -7.28. The molecule has 0 bridgehead atoms. The van der Waals surface area contributed by atoms with Gasteiger partial charge in [-0.3, -0.25) is 0 Å². The van der Waals surface area contributed by atoms with Crippen LogP contribution in [0.3, 0.4) is 0 Å². The Morgan fingerprint density at radius 1 is 0.654 bits per heavy atom. The smallest absolute Gasteiger partial charge is 0.136 e. The lowest BCUT2D eigenvalue weighted by atomic mass is 10.1. The van der Waals surface area contributed by atoms with Crippen LogP contribution in [-0.2, 0) is 0 Å². The Morgan fingerprint density at radius 2 is 1.29 bits per heavy atom. The van der Waals surface area contributed by atoms with Crippen LogP contribution in [0.2, 0.25) is 0 Å². The van der Waals surface area contributed by atoms with Crippen molar-refractivity contribution >= 4 is 79.5 Å². The topological polar surface area (TPSA) is 83.7 Å². The van der Waals surface area contributed by atoms with Gasteiger partial charge in [0.25, 0.3) is 0 Å². The van der Waals surface area contributed by atoms with Gasteiger partial charge in [-0.15, -0.1) is 0 Å². The zero-order valence-corrected chi connectivity index (χ0v) is 28.6. The fourth-order valence-corrected chi connectivity index (χ4v) is 7.74. The second-order valence-electron chi connectivity index (χ2n) is 12.9. The van der Waals surface area contributed by atoms with E-state index >= 15 is 0 Å². The van der Waals surface area contributed by atoms with Gasteiger partial charge in [-0.1, -0.05) is 79.9 Å². The number of nitriles is 2. The van der Waals surface area contributed by atoms with Crippen LogP contribution in [0.1, 0.15) is 40.6 Å². The molecule has 0 fully saturated rings. The van der Waals surface area contributed by atoms with Crippen molar-refractivity contribution in [2.75, 3.05) is 0 Å². The molecule has 4 aromatic heterocycles. The SMILES string of the molecule is C=Cc1c(C)c(/C=c2\c(=C)oc3ccccc23)n(-c2cc(C#N)c(-n3c4ccccc4c4cc5oc6ccccc6c5cc43)cc2C#N)c1/C=C\C. The molecule has 0 radical (unpaired) electrons. The Labute approximate surface area is 298 Å². The third kappa shape index (κ3) is 4.35. The number of fused-ring (bicyclic) bond motifs is 7. The van der Waals surface area contributed by atoms with Crippen LogP contribution in [0.15, 0.2) is 119 Å². The van der Waals surface area contributed by atoms with E-state index in [0.29, 0.717) is 27.9 Å². The number of rotatable bonds is 5. The van der Waals surface area contributed by atoms with Gasteiger partial charge in [-0.2, -0.15) is 10.5 Å². The van der Waals surface area contributed by atoms with Crippen molar-refractivity contribution in [3.05, 3.63) is 154 Å². The second-order valence-corrected chi connectivity index (χ2v) is 12.9. The molecule has 9 aromatic rings. The van der Waals surface area contributed by atoms with E-state index < -0.39 is 0 Å². The van der Waals surface area contributed by atoms with Crippen molar-refractivity contribution in [1.82, 2.24) is 9.13 Å². The molecule has 6 heteroatoms. The van der Waals surface area contributed by atoms with E-state index in [1.54, 1.807) is 0 Å². The lowest BCUT2D eigenvalue weighted by molar-refractivity contribution is 0.577. The van der Waals surface area contributed by atoms with Crippen LogP contribution in [0.25, 0.3) is 90.9 Å². The molecule has 0 aliphatic heterocycles. The van der Waals surface area contributed by atoms with Crippen molar-refractivity contribution < 1.29 is 8.83 Å². The number of allylic oxidation sites excluding steroid dienone is 1. The minimum absolute atomic E-state index is 0.410. The summed E-state index contributed by atoms with van der Waals surface area (Å²) in [6.07, 6.45) is 7.86. The summed E-state index contributed by atoms with van der Waals surface area (Å²) >= 11 is 0. The first kappa shape index (κ1) is 30.8. The molecule has 52 heavy (non-hydrogen) atoms. The van der Waals surface area contributed by atoms with E-state index in [0.717, 1.165) is 82.4 Å².